The van der Waals surface area contributed by atoms with Gasteiger partial charge in [-0.3, -0.25) is 9.78 Å². The highest BCUT2D eigenvalue weighted by atomic mass is 35.5. The molecule has 1 aromatic carbocycles. The van der Waals surface area contributed by atoms with Crippen LogP contribution in [0.3, 0.4) is 0 Å². The summed E-state index contributed by atoms with van der Waals surface area (Å²) in [5, 5.41) is 14.4. The smallest absolute Gasteiger partial charge is 0.306 e. The molecule has 5 rings (SSSR count). The fourth-order valence-corrected chi connectivity index (χ4v) is 4.94. The van der Waals surface area contributed by atoms with Crippen LogP contribution in [0.15, 0.2) is 48.8 Å². The summed E-state index contributed by atoms with van der Waals surface area (Å²) in [6.07, 6.45) is 6.45. The molecule has 4 aromatic rings. The predicted molar refractivity (Wildman–Crippen MR) is 128 cm³/mol. The predicted octanol–water partition coefficient (Wildman–Crippen LogP) is 5.36. The molecule has 0 saturated heterocycles. The molecule has 3 N–H and O–H groups in total. The van der Waals surface area contributed by atoms with Crippen LogP contribution in [-0.4, -0.2) is 30.7 Å². The van der Waals surface area contributed by atoms with E-state index in [1.165, 1.54) is 0 Å². The fraction of sp³-hybridized carbons (Fsp3) is 0.280. The van der Waals surface area contributed by atoms with Gasteiger partial charge in [-0.2, -0.15) is 9.61 Å². The Labute approximate surface area is 196 Å². The van der Waals surface area contributed by atoms with Gasteiger partial charge in [-0.15, -0.1) is 0 Å². The molecule has 33 heavy (non-hydrogen) atoms. The molecule has 0 bridgehead atoms. The van der Waals surface area contributed by atoms with Crippen LogP contribution in [0.4, 0.5) is 5.82 Å². The minimum absolute atomic E-state index is 0.191. The second kappa shape index (κ2) is 8.48. The molecule has 1 saturated carbocycles. The van der Waals surface area contributed by atoms with Gasteiger partial charge in [0.25, 0.3) is 0 Å². The van der Waals surface area contributed by atoms with Crippen molar-refractivity contribution in [3.63, 3.8) is 0 Å². The molecule has 3 heterocycles. The zero-order chi connectivity index (χ0) is 23.1. The Balaban J connectivity index is 1.51. The minimum atomic E-state index is -0.709. The molecule has 0 aliphatic heterocycles. The zero-order valence-electron chi connectivity index (χ0n) is 18.2. The number of carboxylic acid groups (broad SMARTS) is 1. The number of nitrogens with two attached hydrogens (primary N) is 1. The van der Waals surface area contributed by atoms with Gasteiger partial charge in [-0.05, 0) is 44.7 Å². The first-order chi connectivity index (χ1) is 15.9. The van der Waals surface area contributed by atoms with Crippen molar-refractivity contribution in [3.8, 4) is 22.4 Å². The number of fused-ring (bicyclic) bond motifs is 1. The quantitative estimate of drug-likeness (QED) is 0.423. The van der Waals surface area contributed by atoms with Crippen molar-refractivity contribution >= 4 is 29.0 Å². The number of rotatable bonds is 4. The Kier molecular flexibility index (Phi) is 5.50. The Morgan fingerprint density at radius 2 is 1.85 bits per heavy atom. The summed E-state index contributed by atoms with van der Waals surface area (Å²) in [5.41, 5.74) is 12.4. The first-order valence-corrected chi connectivity index (χ1v) is 11.4. The number of carboxylic acids is 1. The van der Waals surface area contributed by atoms with Crippen LogP contribution in [-0.2, 0) is 4.79 Å². The number of benzene rings is 1. The highest BCUT2D eigenvalue weighted by Crippen LogP contribution is 2.38. The second-order valence-electron chi connectivity index (χ2n) is 8.60. The molecule has 0 radical (unpaired) electrons. The lowest BCUT2D eigenvalue weighted by atomic mass is 9.79. The third kappa shape index (κ3) is 3.82. The average molecular weight is 462 g/mol. The van der Waals surface area contributed by atoms with Gasteiger partial charge in [0.2, 0.25) is 0 Å². The van der Waals surface area contributed by atoms with Crippen LogP contribution in [0.2, 0.25) is 5.02 Å². The van der Waals surface area contributed by atoms with Gasteiger partial charge in [-0.1, -0.05) is 35.9 Å². The largest absolute Gasteiger partial charge is 0.481 e. The number of aromatic nitrogens is 4. The van der Waals surface area contributed by atoms with Crippen LogP contribution >= 0.6 is 11.6 Å². The van der Waals surface area contributed by atoms with E-state index in [1.807, 2.05) is 43.3 Å². The number of carbonyl (C=O) groups is 1. The number of nitrogens with zero attached hydrogens (tertiary/aromatic N) is 4. The van der Waals surface area contributed by atoms with Crippen molar-refractivity contribution in [2.45, 2.75) is 38.5 Å². The lowest BCUT2D eigenvalue weighted by molar-refractivity contribution is -0.142. The maximum absolute atomic E-state index is 11.3. The van der Waals surface area contributed by atoms with E-state index < -0.39 is 5.97 Å². The maximum Gasteiger partial charge on any atom is 0.306 e. The monoisotopic (exact) mass is 461 g/mol. The van der Waals surface area contributed by atoms with E-state index in [4.69, 9.17) is 22.3 Å². The molecule has 1 aliphatic carbocycles. The van der Waals surface area contributed by atoms with Gasteiger partial charge in [0.15, 0.2) is 5.65 Å². The van der Waals surface area contributed by atoms with E-state index in [0.717, 1.165) is 46.5 Å². The first-order valence-electron chi connectivity index (χ1n) is 11.0. The van der Waals surface area contributed by atoms with E-state index in [1.54, 1.807) is 16.9 Å². The van der Waals surface area contributed by atoms with Gasteiger partial charge in [0, 0.05) is 39.4 Å². The third-order valence-electron chi connectivity index (χ3n) is 6.65. The normalized spacial score (nSPS) is 18.5. The van der Waals surface area contributed by atoms with Gasteiger partial charge < -0.3 is 10.8 Å². The Bertz CT molecular complexity index is 1340. The summed E-state index contributed by atoms with van der Waals surface area (Å²) >= 11 is 6.32. The Morgan fingerprint density at radius 1 is 1.09 bits per heavy atom. The molecule has 7 nitrogen and oxygen atoms in total. The Morgan fingerprint density at radius 3 is 2.52 bits per heavy atom. The highest BCUT2D eigenvalue weighted by Gasteiger charge is 2.29. The number of anilines is 1. The summed E-state index contributed by atoms with van der Waals surface area (Å²) in [6, 6.07) is 11.5. The Hall–Kier alpha value is -3.45. The third-order valence-corrected chi connectivity index (χ3v) is 6.98. The molecule has 1 aliphatic rings. The van der Waals surface area contributed by atoms with Gasteiger partial charge >= 0.3 is 5.97 Å². The molecule has 168 valence electrons. The minimum Gasteiger partial charge on any atom is -0.481 e. The highest BCUT2D eigenvalue weighted by molar-refractivity contribution is 6.33. The van der Waals surface area contributed by atoms with E-state index in [-0.39, 0.29) is 11.8 Å². The van der Waals surface area contributed by atoms with Crippen molar-refractivity contribution in [1.82, 2.24) is 19.6 Å². The van der Waals surface area contributed by atoms with E-state index in [9.17, 15) is 9.90 Å². The van der Waals surface area contributed by atoms with Crippen LogP contribution < -0.4 is 5.73 Å². The lowest BCUT2D eigenvalue weighted by Gasteiger charge is -2.27. The summed E-state index contributed by atoms with van der Waals surface area (Å²) in [5.74, 6) is -0.228. The van der Waals surface area contributed by atoms with Crippen LogP contribution in [0.25, 0.3) is 28.0 Å². The molecule has 0 atom stereocenters. The van der Waals surface area contributed by atoms with Crippen LogP contribution in [0, 0.1) is 12.8 Å². The molecule has 3 aromatic heterocycles. The second-order valence-corrected chi connectivity index (χ2v) is 9.01. The first kappa shape index (κ1) is 21.4. The molecular weight excluding hydrogens is 438 g/mol. The number of nitrogen functional groups attached to an aromatic ring is 1. The molecule has 1 fully saturated rings. The van der Waals surface area contributed by atoms with Crippen molar-refractivity contribution in [2.24, 2.45) is 5.92 Å². The average Bonchev–Trinajstić information content (AvgIpc) is 3.26. The van der Waals surface area contributed by atoms with E-state index in [0.29, 0.717) is 29.3 Å². The number of halogens is 1. The van der Waals surface area contributed by atoms with E-state index in [2.05, 4.69) is 10.1 Å². The molecular formula is C25H24ClN5O2. The SMILES string of the molecule is Cc1c(C2CCC(C(=O)O)CC2)nc2c(-c3ccc(-c4ccccc4Cl)nc3)cnn2c1N. The summed E-state index contributed by atoms with van der Waals surface area (Å²) in [4.78, 5) is 20.9. The zero-order valence-corrected chi connectivity index (χ0v) is 19.0. The van der Waals surface area contributed by atoms with Gasteiger partial charge in [-0.25, -0.2) is 4.98 Å². The molecule has 8 heteroatoms. The van der Waals surface area contributed by atoms with Gasteiger partial charge in [0.1, 0.15) is 5.82 Å². The maximum atomic E-state index is 11.3. The summed E-state index contributed by atoms with van der Waals surface area (Å²) in [6.45, 7) is 1.96. The van der Waals surface area contributed by atoms with Crippen molar-refractivity contribution in [3.05, 3.63) is 65.1 Å². The molecule has 0 amide bonds. The number of pyridine rings is 1. The standard InChI is InChI=1S/C25H24ClN5O2/c1-14-22(15-6-8-16(9-7-15)25(32)33)30-24-19(13-29-31(24)23(14)27)17-10-11-21(28-12-17)18-4-2-3-5-20(18)26/h2-5,10-13,15-16H,6-9,27H2,1H3,(H,32,33). The van der Waals surface area contributed by atoms with Crippen LogP contribution in [0.1, 0.15) is 42.9 Å². The fourth-order valence-electron chi connectivity index (χ4n) is 4.71. The topological polar surface area (TPSA) is 106 Å². The molecule has 0 spiro atoms. The lowest BCUT2D eigenvalue weighted by Crippen LogP contribution is -2.22. The van der Waals surface area contributed by atoms with Crippen molar-refractivity contribution < 1.29 is 9.90 Å². The van der Waals surface area contributed by atoms with Gasteiger partial charge in [0.05, 0.1) is 23.5 Å². The van der Waals surface area contributed by atoms with E-state index >= 15 is 0 Å². The van der Waals surface area contributed by atoms with Crippen molar-refractivity contribution in [2.75, 3.05) is 5.73 Å². The van der Waals surface area contributed by atoms with Crippen LogP contribution in [0.5, 0.6) is 0 Å². The van der Waals surface area contributed by atoms with Crippen molar-refractivity contribution in [1.29, 1.82) is 0 Å². The number of hydrogen-bond donors (Lipinski definition) is 2. The molecule has 0 unspecified atom stereocenters. The summed E-state index contributed by atoms with van der Waals surface area (Å²) < 4.78 is 1.67. The number of aliphatic carboxylic acids is 1. The summed E-state index contributed by atoms with van der Waals surface area (Å²) in [7, 11) is 0. The number of hydrogen-bond acceptors (Lipinski definition) is 5.